The van der Waals surface area contributed by atoms with Gasteiger partial charge in [0.2, 0.25) is 0 Å². The lowest BCUT2D eigenvalue weighted by Gasteiger charge is -2.27. The van der Waals surface area contributed by atoms with Crippen molar-refractivity contribution in [3.63, 3.8) is 0 Å². The van der Waals surface area contributed by atoms with Crippen molar-refractivity contribution in [3.8, 4) is 0 Å². The second-order valence-electron chi connectivity index (χ2n) is 5.86. The molecule has 0 fully saturated rings. The summed E-state index contributed by atoms with van der Waals surface area (Å²) in [7, 11) is 1.19. The maximum Gasteiger partial charge on any atom is 0.151 e. The van der Waals surface area contributed by atoms with E-state index in [-0.39, 0.29) is 17.5 Å². The third kappa shape index (κ3) is 8.89. The molecule has 0 aromatic rings. The van der Waals surface area contributed by atoms with Crippen molar-refractivity contribution >= 4 is 9.84 Å². The standard InChI is InChI=1S/C13H30N2O2S/c1-7-18(16,17)10-12(4)14-13(8-11(2)3)9-15(5)6/h11-14H,7-10H2,1-6H3. The van der Waals surface area contributed by atoms with E-state index in [2.05, 4.69) is 24.1 Å². The molecule has 0 aromatic carbocycles. The van der Waals surface area contributed by atoms with Gasteiger partial charge in [-0.05, 0) is 33.4 Å². The van der Waals surface area contributed by atoms with Crippen molar-refractivity contribution in [2.24, 2.45) is 5.92 Å². The largest absolute Gasteiger partial charge is 0.309 e. The molecule has 2 atom stereocenters. The lowest BCUT2D eigenvalue weighted by atomic mass is 10.0. The Labute approximate surface area is 113 Å². The molecule has 0 amide bonds. The maximum atomic E-state index is 11.6. The Kier molecular flexibility index (Phi) is 8.06. The third-order valence-corrected chi connectivity index (χ3v) is 4.69. The monoisotopic (exact) mass is 278 g/mol. The van der Waals surface area contributed by atoms with Gasteiger partial charge in [-0.3, -0.25) is 0 Å². The Morgan fingerprint density at radius 2 is 1.72 bits per heavy atom. The number of rotatable bonds is 9. The molecule has 4 nitrogen and oxygen atoms in total. The van der Waals surface area contributed by atoms with Gasteiger partial charge in [-0.1, -0.05) is 20.8 Å². The van der Waals surface area contributed by atoms with Crippen molar-refractivity contribution in [2.75, 3.05) is 32.1 Å². The van der Waals surface area contributed by atoms with Crippen LogP contribution >= 0.6 is 0 Å². The highest BCUT2D eigenvalue weighted by Crippen LogP contribution is 2.07. The summed E-state index contributed by atoms with van der Waals surface area (Å²) >= 11 is 0. The van der Waals surface area contributed by atoms with Gasteiger partial charge in [0.25, 0.3) is 0 Å². The highest BCUT2D eigenvalue weighted by Gasteiger charge is 2.18. The molecule has 0 aromatic heterocycles. The van der Waals surface area contributed by atoms with Crippen LogP contribution in [0.15, 0.2) is 0 Å². The second-order valence-corrected chi connectivity index (χ2v) is 8.25. The van der Waals surface area contributed by atoms with E-state index in [0.717, 1.165) is 13.0 Å². The second kappa shape index (κ2) is 8.12. The van der Waals surface area contributed by atoms with Gasteiger partial charge >= 0.3 is 0 Å². The average molecular weight is 278 g/mol. The molecule has 0 bridgehead atoms. The fourth-order valence-corrected chi connectivity index (χ4v) is 3.25. The van der Waals surface area contributed by atoms with Crippen LogP contribution in [0.25, 0.3) is 0 Å². The van der Waals surface area contributed by atoms with Crippen LogP contribution in [0.5, 0.6) is 0 Å². The van der Waals surface area contributed by atoms with E-state index in [4.69, 9.17) is 0 Å². The van der Waals surface area contributed by atoms with Crippen LogP contribution in [0.3, 0.4) is 0 Å². The molecule has 0 heterocycles. The van der Waals surface area contributed by atoms with Crippen LogP contribution in [0.2, 0.25) is 0 Å². The highest BCUT2D eigenvalue weighted by molar-refractivity contribution is 7.91. The van der Waals surface area contributed by atoms with Crippen LogP contribution < -0.4 is 5.32 Å². The minimum Gasteiger partial charge on any atom is -0.309 e. The first kappa shape index (κ1) is 17.9. The summed E-state index contributed by atoms with van der Waals surface area (Å²) in [6.07, 6.45) is 1.06. The molecule has 0 spiro atoms. The number of hydrogen-bond acceptors (Lipinski definition) is 4. The van der Waals surface area contributed by atoms with Gasteiger partial charge in [0.1, 0.15) is 0 Å². The fraction of sp³-hybridized carbons (Fsp3) is 1.00. The third-order valence-electron chi connectivity index (χ3n) is 2.81. The SMILES string of the molecule is CCS(=O)(=O)CC(C)NC(CC(C)C)CN(C)C. The van der Waals surface area contributed by atoms with E-state index in [0.29, 0.717) is 12.0 Å². The minimum atomic E-state index is -2.90. The van der Waals surface area contributed by atoms with Gasteiger partial charge in [0.15, 0.2) is 9.84 Å². The van der Waals surface area contributed by atoms with Gasteiger partial charge in [-0.15, -0.1) is 0 Å². The first-order valence-corrected chi connectivity index (χ1v) is 8.59. The van der Waals surface area contributed by atoms with E-state index in [1.807, 2.05) is 21.0 Å². The zero-order chi connectivity index (χ0) is 14.3. The average Bonchev–Trinajstić information content (AvgIpc) is 2.14. The molecule has 1 N–H and O–H groups in total. The normalized spacial score (nSPS) is 16.2. The molecule has 0 saturated heterocycles. The number of likely N-dealkylation sites (N-methyl/N-ethyl adjacent to an activating group) is 1. The number of sulfone groups is 1. The number of nitrogens with zero attached hydrogens (tertiary/aromatic N) is 1. The summed E-state index contributed by atoms with van der Waals surface area (Å²) in [5.41, 5.74) is 0. The van der Waals surface area contributed by atoms with Gasteiger partial charge in [0.05, 0.1) is 5.75 Å². The van der Waals surface area contributed by atoms with E-state index in [1.165, 1.54) is 0 Å². The van der Waals surface area contributed by atoms with Crippen molar-refractivity contribution in [1.29, 1.82) is 0 Å². The van der Waals surface area contributed by atoms with Crippen LogP contribution in [0, 0.1) is 5.92 Å². The van der Waals surface area contributed by atoms with Crippen molar-refractivity contribution < 1.29 is 8.42 Å². The topological polar surface area (TPSA) is 49.4 Å². The summed E-state index contributed by atoms with van der Waals surface area (Å²) in [6, 6.07) is 0.362. The fourth-order valence-electron chi connectivity index (χ4n) is 2.15. The van der Waals surface area contributed by atoms with Crippen molar-refractivity contribution in [1.82, 2.24) is 10.2 Å². The number of nitrogens with one attached hydrogen (secondary N) is 1. The quantitative estimate of drug-likeness (QED) is 0.692. The molecular weight excluding hydrogens is 248 g/mol. The molecule has 0 saturated carbocycles. The lowest BCUT2D eigenvalue weighted by molar-refractivity contribution is 0.294. The Balaban J connectivity index is 4.38. The molecule has 110 valence electrons. The van der Waals surface area contributed by atoms with E-state index in [1.54, 1.807) is 6.92 Å². The van der Waals surface area contributed by atoms with Crippen molar-refractivity contribution in [3.05, 3.63) is 0 Å². The summed E-state index contributed by atoms with van der Waals surface area (Å²) in [5, 5.41) is 3.45. The molecular formula is C13H30N2O2S. The van der Waals surface area contributed by atoms with Gasteiger partial charge in [-0.25, -0.2) is 8.42 Å². The van der Waals surface area contributed by atoms with E-state index in [9.17, 15) is 8.42 Å². The van der Waals surface area contributed by atoms with Crippen LogP contribution in [0.1, 0.15) is 34.1 Å². The molecule has 2 unspecified atom stereocenters. The van der Waals surface area contributed by atoms with Crippen molar-refractivity contribution in [2.45, 2.75) is 46.2 Å². The molecule has 0 aliphatic carbocycles. The van der Waals surface area contributed by atoms with E-state index < -0.39 is 9.84 Å². The molecule has 0 radical (unpaired) electrons. The van der Waals surface area contributed by atoms with Crippen LogP contribution in [0.4, 0.5) is 0 Å². The highest BCUT2D eigenvalue weighted by atomic mass is 32.2. The smallest absolute Gasteiger partial charge is 0.151 e. The molecule has 18 heavy (non-hydrogen) atoms. The van der Waals surface area contributed by atoms with Gasteiger partial charge in [-0.2, -0.15) is 0 Å². The summed E-state index contributed by atoms with van der Waals surface area (Å²) in [6.45, 7) is 8.98. The molecule has 0 aliphatic rings. The Hall–Kier alpha value is -0.130. The van der Waals surface area contributed by atoms with E-state index >= 15 is 0 Å². The Morgan fingerprint density at radius 3 is 2.11 bits per heavy atom. The maximum absolute atomic E-state index is 11.6. The molecule has 0 aliphatic heterocycles. The molecule has 0 rings (SSSR count). The first-order chi connectivity index (χ1) is 8.16. The minimum absolute atomic E-state index is 0.0126. The van der Waals surface area contributed by atoms with Crippen LogP contribution in [-0.2, 0) is 9.84 Å². The van der Waals surface area contributed by atoms with Crippen LogP contribution in [-0.4, -0.2) is 57.5 Å². The zero-order valence-electron chi connectivity index (χ0n) is 12.7. The Bertz CT molecular complexity index is 303. The Morgan fingerprint density at radius 1 is 1.17 bits per heavy atom. The zero-order valence-corrected chi connectivity index (χ0v) is 13.5. The molecule has 5 heteroatoms. The summed E-state index contributed by atoms with van der Waals surface area (Å²) in [4.78, 5) is 2.14. The first-order valence-electron chi connectivity index (χ1n) is 6.77. The van der Waals surface area contributed by atoms with Gasteiger partial charge in [0, 0.05) is 24.4 Å². The van der Waals surface area contributed by atoms with Gasteiger partial charge < -0.3 is 10.2 Å². The summed E-state index contributed by atoms with van der Waals surface area (Å²) < 4.78 is 23.2. The number of hydrogen-bond donors (Lipinski definition) is 1. The predicted octanol–water partition coefficient (Wildman–Crippen LogP) is 1.38. The lowest BCUT2D eigenvalue weighted by Crippen LogP contribution is -2.46. The summed E-state index contributed by atoms with van der Waals surface area (Å²) in [5.74, 6) is 1.06. The predicted molar refractivity (Wildman–Crippen MR) is 78.7 cm³/mol.